The van der Waals surface area contributed by atoms with Gasteiger partial charge in [-0.1, -0.05) is 12.8 Å². The highest BCUT2D eigenvalue weighted by Gasteiger charge is 2.20. The summed E-state index contributed by atoms with van der Waals surface area (Å²) in [5.41, 5.74) is 1.32. The SMILES string of the molecule is CNC(=O)c1ccc2c(=O)n(C3CCCC3)[nH]c2c1. The van der Waals surface area contributed by atoms with Gasteiger partial charge in [-0.05, 0) is 31.0 Å². The smallest absolute Gasteiger partial charge is 0.274 e. The molecule has 1 aliphatic carbocycles. The van der Waals surface area contributed by atoms with Crippen LogP contribution in [0.3, 0.4) is 0 Å². The van der Waals surface area contributed by atoms with Gasteiger partial charge in [0, 0.05) is 12.6 Å². The normalized spacial score (nSPS) is 16.1. The van der Waals surface area contributed by atoms with Gasteiger partial charge in [-0.2, -0.15) is 0 Å². The minimum Gasteiger partial charge on any atom is -0.355 e. The number of hydrogen-bond acceptors (Lipinski definition) is 2. The molecule has 1 aromatic heterocycles. The summed E-state index contributed by atoms with van der Waals surface area (Å²) in [4.78, 5) is 23.9. The summed E-state index contributed by atoms with van der Waals surface area (Å²) in [6.07, 6.45) is 4.45. The molecule has 2 N–H and O–H groups in total. The summed E-state index contributed by atoms with van der Waals surface area (Å²) in [7, 11) is 1.60. The van der Waals surface area contributed by atoms with Crippen molar-refractivity contribution in [3.05, 3.63) is 34.1 Å². The highest BCUT2D eigenvalue weighted by Crippen LogP contribution is 2.28. The Morgan fingerprint density at radius 2 is 2.11 bits per heavy atom. The Bertz CT molecular complexity index is 678. The molecule has 100 valence electrons. The zero-order chi connectivity index (χ0) is 13.4. The fourth-order valence-corrected chi connectivity index (χ4v) is 2.84. The molecule has 0 unspecified atom stereocenters. The highest BCUT2D eigenvalue weighted by molar-refractivity contribution is 5.97. The Morgan fingerprint density at radius 3 is 2.79 bits per heavy atom. The zero-order valence-corrected chi connectivity index (χ0v) is 10.9. The summed E-state index contributed by atoms with van der Waals surface area (Å²) in [5, 5.41) is 6.39. The second-order valence-electron chi connectivity index (χ2n) is 5.06. The fraction of sp³-hybridized carbons (Fsp3) is 0.429. The third kappa shape index (κ3) is 1.95. The van der Waals surface area contributed by atoms with Crippen molar-refractivity contribution in [2.75, 3.05) is 7.05 Å². The molecular weight excluding hydrogens is 242 g/mol. The monoisotopic (exact) mass is 259 g/mol. The van der Waals surface area contributed by atoms with Crippen molar-refractivity contribution in [3.63, 3.8) is 0 Å². The predicted molar refractivity (Wildman–Crippen MR) is 73.5 cm³/mol. The first-order valence-corrected chi connectivity index (χ1v) is 6.67. The number of nitrogens with one attached hydrogen (secondary N) is 2. The molecule has 3 rings (SSSR count). The average molecular weight is 259 g/mol. The quantitative estimate of drug-likeness (QED) is 0.863. The van der Waals surface area contributed by atoms with Crippen molar-refractivity contribution < 1.29 is 4.79 Å². The van der Waals surface area contributed by atoms with E-state index in [4.69, 9.17) is 0 Å². The Labute approximate surface area is 110 Å². The summed E-state index contributed by atoms with van der Waals surface area (Å²) in [6, 6.07) is 5.43. The van der Waals surface area contributed by atoms with E-state index in [1.165, 1.54) is 12.8 Å². The Kier molecular flexibility index (Phi) is 2.89. The average Bonchev–Trinajstić information content (AvgIpc) is 3.05. The fourth-order valence-electron chi connectivity index (χ4n) is 2.84. The molecule has 1 aromatic carbocycles. The number of benzene rings is 1. The molecule has 2 aromatic rings. The number of nitrogens with zero attached hydrogens (tertiary/aromatic N) is 1. The molecule has 1 saturated carbocycles. The van der Waals surface area contributed by atoms with Gasteiger partial charge in [-0.25, -0.2) is 4.68 Å². The van der Waals surface area contributed by atoms with Crippen LogP contribution in [0.25, 0.3) is 10.9 Å². The van der Waals surface area contributed by atoms with Gasteiger partial charge in [0.15, 0.2) is 0 Å². The number of rotatable bonds is 2. The lowest BCUT2D eigenvalue weighted by atomic mass is 10.1. The van der Waals surface area contributed by atoms with Gasteiger partial charge >= 0.3 is 0 Å². The van der Waals surface area contributed by atoms with Crippen LogP contribution >= 0.6 is 0 Å². The Balaban J connectivity index is 2.09. The topological polar surface area (TPSA) is 66.9 Å². The van der Waals surface area contributed by atoms with Crippen molar-refractivity contribution in [2.45, 2.75) is 31.7 Å². The lowest BCUT2D eigenvalue weighted by Crippen LogP contribution is -2.20. The third-order valence-corrected chi connectivity index (χ3v) is 3.89. The second-order valence-corrected chi connectivity index (χ2v) is 5.06. The number of amides is 1. The Morgan fingerprint density at radius 1 is 1.37 bits per heavy atom. The van der Waals surface area contributed by atoms with Crippen LogP contribution in [0.5, 0.6) is 0 Å². The van der Waals surface area contributed by atoms with E-state index >= 15 is 0 Å². The van der Waals surface area contributed by atoms with Crippen LogP contribution in [-0.2, 0) is 0 Å². The molecule has 1 amide bonds. The van der Waals surface area contributed by atoms with Crippen LogP contribution in [0.15, 0.2) is 23.0 Å². The number of fused-ring (bicyclic) bond motifs is 1. The molecule has 19 heavy (non-hydrogen) atoms. The van der Waals surface area contributed by atoms with Crippen LogP contribution in [0.1, 0.15) is 42.1 Å². The molecule has 5 nitrogen and oxygen atoms in total. The van der Waals surface area contributed by atoms with E-state index in [-0.39, 0.29) is 17.5 Å². The van der Waals surface area contributed by atoms with E-state index in [2.05, 4.69) is 10.4 Å². The summed E-state index contributed by atoms with van der Waals surface area (Å²) >= 11 is 0. The van der Waals surface area contributed by atoms with E-state index < -0.39 is 0 Å². The van der Waals surface area contributed by atoms with Crippen LogP contribution in [-0.4, -0.2) is 22.7 Å². The van der Waals surface area contributed by atoms with Gasteiger partial charge < -0.3 is 5.32 Å². The van der Waals surface area contributed by atoms with E-state index in [9.17, 15) is 9.59 Å². The van der Waals surface area contributed by atoms with Gasteiger partial charge in [0.1, 0.15) is 0 Å². The van der Waals surface area contributed by atoms with Crippen LogP contribution in [0, 0.1) is 0 Å². The van der Waals surface area contributed by atoms with Crippen molar-refractivity contribution >= 4 is 16.8 Å². The molecule has 0 saturated heterocycles. The first kappa shape index (κ1) is 12.0. The zero-order valence-electron chi connectivity index (χ0n) is 10.9. The summed E-state index contributed by atoms with van der Waals surface area (Å²) in [5.74, 6) is -0.142. The maximum atomic E-state index is 12.3. The molecule has 0 atom stereocenters. The molecule has 0 spiro atoms. The van der Waals surface area contributed by atoms with Gasteiger partial charge in [-0.15, -0.1) is 0 Å². The van der Waals surface area contributed by atoms with E-state index in [1.807, 2.05) is 0 Å². The number of hydrogen-bond donors (Lipinski definition) is 2. The first-order valence-electron chi connectivity index (χ1n) is 6.67. The number of aromatic amines is 1. The second kappa shape index (κ2) is 4.57. The van der Waals surface area contributed by atoms with Crippen molar-refractivity contribution in [2.24, 2.45) is 0 Å². The maximum Gasteiger partial charge on any atom is 0.274 e. The number of H-pyrrole nitrogens is 1. The summed E-state index contributed by atoms with van der Waals surface area (Å²) in [6.45, 7) is 0. The molecule has 0 aliphatic heterocycles. The van der Waals surface area contributed by atoms with Crippen LogP contribution in [0.4, 0.5) is 0 Å². The number of carbonyl (C=O) groups excluding carboxylic acids is 1. The van der Waals surface area contributed by atoms with E-state index in [0.717, 1.165) is 18.4 Å². The molecule has 0 bridgehead atoms. The standard InChI is InChI=1S/C14H17N3O2/c1-15-13(18)9-6-7-11-12(8-9)16-17(14(11)19)10-4-2-3-5-10/h6-8,10,16H,2-5H2,1H3,(H,15,18). The molecule has 5 heteroatoms. The maximum absolute atomic E-state index is 12.3. The van der Waals surface area contributed by atoms with E-state index in [0.29, 0.717) is 10.9 Å². The summed E-state index contributed by atoms with van der Waals surface area (Å²) < 4.78 is 1.73. The molecule has 1 heterocycles. The number of carbonyl (C=O) groups is 1. The molecular formula is C14H17N3O2. The van der Waals surface area contributed by atoms with E-state index in [1.54, 1.807) is 29.9 Å². The molecule has 0 radical (unpaired) electrons. The first-order chi connectivity index (χ1) is 9.20. The van der Waals surface area contributed by atoms with Gasteiger partial charge in [-0.3, -0.25) is 14.7 Å². The predicted octanol–water partition coefficient (Wildman–Crippen LogP) is 1.80. The van der Waals surface area contributed by atoms with Crippen molar-refractivity contribution in [1.82, 2.24) is 15.1 Å². The lowest BCUT2D eigenvalue weighted by molar-refractivity contribution is 0.0963. The van der Waals surface area contributed by atoms with Crippen LogP contribution in [0.2, 0.25) is 0 Å². The lowest BCUT2D eigenvalue weighted by Gasteiger charge is -2.08. The molecule has 1 fully saturated rings. The molecule has 1 aliphatic rings. The van der Waals surface area contributed by atoms with Crippen LogP contribution < -0.4 is 10.9 Å². The third-order valence-electron chi connectivity index (χ3n) is 3.89. The minimum absolute atomic E-state index is 0.0188. The number of aromatic nitrogens is 2. The van der Waals surface area contributed by atoms with Crippen molar-refractivity contribution in [1.29, 1.82) is 0 Å². The van der Waals surface area contributed by atoms with Crippen molar-refractivity contribution in [3.8, 4) is 0 Å². The Hall–Kier alpha value is -2.04. The minimum atomic E-state index is -0.142. The highest BCUT2D eigenvalue weighted by atomic mass is 16.1. The van der Waals surface area contributed by atoms with Gasteiger partial charge in [0.05, 0.1) is 16.9 Å². The van der Waals surface area contributed by atoms with Gasteiger partial charge in [0.25, 0.3) is 11.5 Å². The van der Waals surface area contributed by atoms with Gasteiger partial charge in [0.2, 0.25) is 0 Å². The largest absolute Gasteiger partial charge is 0.355 e.